The van der Waals surface area contributed by atoms with E-state index in [1.807, 2.05) is 0 Å². The van der Waals surface area contributed by atoms with E-state index in [2.05, 4.69) is 167 Å². The number of ketones is 1. The number of carbonyl (C=O) groups excluding carboxylic acids is 1. The van der Waals surface area contributed by atoms with E-state index in [0.29, 0.717) is 5.78 Å². The summed E-state index contributed by atoms with van der Waals surface area (Å²) in [5.41, 5.74) is 10.3. The van der Waals surface area contributed by atoms with Crippen LogP contribution in [-0.2, 0) is 33.2 Å². The molecule has 4 aliphatic rings. The summed E-state index contributed by atoms with van der Waals surface area (Å²) in [5.74, 6) is 0.139. The molecule has 0 radical (unpaired) electrons. The molecule has 0 unspecified atom stereocenters. The molecule has 280 valence electrons. The van der Waals surface area contributed by atoms with Gasteiger partial charge in [-0.1, -0.05) is 174 Å². The first-order valence-electron chi connectivity index (χ1n) is 20.7. The highest BCUT2D eigenvalue weighted by Gasteiger charge is 2.83. The van der Waals surface area contributed by atoms with Crippen molar-refractivity contribution in [3.63, 3.8) is 0 Å². The van der Waals surface area contributed by atoms with Crippen molar-refractivity contribution >= 4 is 48.8 Å². The summed E-state index contributed by atoms with van der Waals surface area (Å²) >= 11 is 8.38. The van der Waals surface area contributed by atoms with Crippen molar-refractivity contribution < 1.29 is 9.53 Å². The minimum absolute atomic E-state index is 0.0850. The number of carbonyl (C=O) groups is 1. The molecule has 2 heterocycles. The highest BCUT2D eigenvalue weighted by Crippen LogP contribution is 2.82. The fraction of sp³-hybridized carbons (Fsp3) is 0.353. The van der Waals surface area contributed by atoms with Crippen molar-refractivity contribution in [2.24, 2.45) is 11.8 Å². The van der Waals surface area contributed by atoms with E-state index >= 15 is 4.79 Å². The molecule has 2 aliphatic carbocycles. The number of halogens is 2. The Balaban J connectivity index is 1.38. The topological polar surface area (TPSA) is 26.3 Å². The summed E-state index contributed by atoms with van der Waals surface area (Å²) in [6, 6.07) is 43.2. The van der Waals surface area contributed by atoms with Crippen molar-refractivity contribution in [1.29, 1.82) is 0 Å². The molecule has 9 rings (SSSR count). The van der Waals surface area contributed by atoms with Crippen LogP contribution >= 0.6 is 31.9 Å². The van der Waals surface area contributed by atoms with Gasteiger partial charge in [-0.05, 0) is 113 Å². The molecule has 1 saturated heterocycles. The van der Waals surface area contributed by atoms with E-state index in [4.69, 9.17) is 4.74 Å². The van der Waals surface area contributed by atoms with Gasteiger partial charge in [-0.25, -0.2) is 0 Å². The SMILES string of the molecule is CCCCCCc1c(Br)c(Br)c(CCCCCC)c2c1[C@H]1O[C@@H]2[C@@H]2[C@H]1[C@]1(c3ccccc3)C(=O)[C@@]2(c2ccccc2)C(c2ccccc2)=C1c1ccccc1. The van der Waals surface area contributed by atoms with Gasteiger partial charge in [0.1, 0.15) is 0 Å². The Bertz CT molecular complexity index is 2080. The molecule has 1 saturated carbocycles. The highest BCUT2D eigenvalue weighted by molar-refractivity contribution is 9.13. The van der Waals surface area contributed by atoms with Crippen LogP contribution in [0.2, 0.25) is 0 Å². The Morgan fingerprint density at radius 1 is 0.509 bits per heavy atom. The highest BCUT2D eigenvalue weighted by atomic mass is 79.9. The van der Waals surface area contributed by atoms with Gasteiger partial charge < -0.3 is 4.74 Å². The first-order valence-corrected chi connectivity index (χ1v) is 22.3. The van der Waals surface area contributed by atoms with Gasteiger partial charge in [0.2, 0.25) is 0 Å². The van der Waals surface area contributed by atoms with Crippen LogP contribution in [0.3, 0.4) is 0 Å². The van der Waals surface area contributed by atoms with Crippen molar-refractivity contribution in [3.8, 4) is 0 Å². The molecule has 4 heteroatoms. The average Bonchev–Trinajstić information content (AvgIpc) is 3.94. The summed E-state index contributed by atoms with van der Waals surface area (Å²) in [7, 11) is 0. The molecule has 2 fully saturated rings. The summed E-state index contributed by atoms with van der Waals surface area (Å²) in [6.45, 7) is 4.56. The van der Waals surface area contributed by atoms with E-state index in [1.165, 1.54) is 69.7 Å². The van der Waals surface area contributed by atoms with Crippen LogP contribution in [0.1, 0.15) is 122 Å². The van der Waals surface area contributed by atoms with Crippen LogP contribution in [0.4, 0.5) is 0 Å². The molecule has 0 N–H and O–H groups in total. The summed E-state index contributed by atoms with van der Waals surface area (Å²) in [5, 5.41) is 0. The number of unbranched alkanes of at least 4 members (excludes halogenated alkanes) is 6. The Kier molecular flexibility index (Phi) is 10.1. The average molecular weight is 855 g/mol. The quantitative estimate of drug-likeness (QED) is 0.104. The molecule has 2 nitrogen and oxygen atoms in total. The van der Waals surface area contributed by atoms with Crippen molar-refractivity contribution in [3.05, 3.63) is 175 Å². The number of hydrogen-bond donors (Lipinski definition) is 0. The second-order valence-corrected chi connectivity index (χ2v) is 17.8. The predicted octanol–water partition coefficient (Wildman–Crippen LogP) is 13.9. The van der Waals surface area contributed by atoms with Gasteiger partial charge in [-0.3, -0.25) is 4.79 Å². The normalized spacial score (nSPS) is 25.9. The minimum atomic E-state index is -0.925. The lowest BCUT2D eigenvalue weighted by molar-refractivity contribution is -0.125. The van der Waals surface area contributed by atoms with Gasteiger partial charge in [-0.15, -0.1) is 0 Å². The lowest BCUT2D eigenvalue weighted by Gasteiger charge is -2.46. The molecule has 2 aliphatic heterocycles. The second-order valence-electron chi connectivity index (χ2n) is 16.2. The Labute approximate surface area is 344 Å². The molecule has 5 aromatic carbocycles. The largest absolute Gasteiger partial charge is 0.365 e. The molecule has 5 aromatic rings. The van der Waals surface area contributed by atoms with Crippen molar-refractivity contribution in [2.75, 3.05) is 0 Å². The Hall–Kier alpha value is -3.57. The van der Waals surface area contributed by atoms with Gasteiger partial charge in [0.05, 0.1) is 23.0 Å². The lowest BCUT2D eigenvalue weighted by atomic mass is 9.53. The maximum Gasteiger partial charge on any atom is 0.163 e. The Morgan fingerprint density at radius 2 is 0.873 bits per heavy atom. The number of rotatable bonds is 14. The van der Waals surface area contributed by atoms with Crippen LogP contribution in [0, 0.1) is 11.8 Å². The summed E-state index contributed by atoms with van der Waals surface area (Å²) in [6.07, 6.45) is 11.1. The first kappa shape index (κ1) is 37.0. The zero-order valence-corrected chi connectivity index (χ0v) is 35.2. The van der Waals surface area contributed by atoms with Gasteiger partial charge >= 0.3 is 0 Å². The van der Waals surface area contributed by atoms with E-state index in [9.17, 15) is 0 Å². The number of fused-ring (bicyclic) bond motifs is 12. The standard InChI is InChI=1S/C51H50Br2O2/c1-3-5-7-21-31-37-39-40(38(46(53)45(37)52)32-22-8-6-4-2)48-44-43(47(39)55-48)50(35-27-17-11-18-28-35)41(33-23-13-9-14-24-33)42(34-25-15-10-16-26-34)51(44,49(50)54)36-29-19-12-20-30-36/h9-20,23-30,43-44,47-48H,3-8,21-22,31-32H2,1-2H3/t43-,44+,47-,48+,50-,51+. The van der Waals surface area contributed by atoms with Gasteiger partial charge in [0.15, 0.2) is 5.78 Å². The third-order valence-electron chi connectivity index (χ3n) is 13.5. The van der Waals surface area contributed by atoms with Crippen molar-refractivity contribution in [2.45, 2.75) is 101 Å². The van der Waals surface area contributed by atoms with Crippen LogP contribution in [0.5, 0.6) is 0 Å². The smallest absolute Gasteiger partial charge is 0.163 e. The second kappa shape index (κ2) is 15.1. The van der Waals surface area contributed by atoms with E-state index < -0.39 is 10.8 Å². The third kappa shape index (κ3) is 5.37. The monoisotopic (exact) mass is 852 g/mol. The molecule has 4 bridgehead atoms. The summed E-state index contributed by atoms with van der Waals surface area (Å²) in [4.78, 5) is 16.7. The third-order valence-corrected chi connectivity index (χ3v) is 15.7. The van der Waals surface area contributed by atoms with Gasteiger partial charge in [0, 0.05) is 20.8 Å². The van der Waals surface area contributed by atoms with Crippen LogP contribution < -0.4 is 0 Å². The fourth-order valence-electron chi connectivity index (χ4n) is 11.5. The number of ether oxygens (including phenoxy) is 1. The van der Waals surface area contributed by atoms with E-state index in [-0.39, 0.29) is 24.0 Å². The van der Waals surface area contributed by atoms with Gasteiger partial charge in [0.25, 0.3) is 0 Å². The zero-order chi connectivity index (χ0) is 37.7. The van der Waals surface area contributed by atoms with Gasteiger partial charge in [-0.2, -0.15) is 0 Å². The van der Waals surface area contributed by atoms with Crippen LogP contribution in [0.15, 0.2) is 130 Å². The molecule has 0 amide bonds. The molecule has 0 spiro atoms. The molecular weight excluding hydrogens is 804 g/mol. The zero-order valence-electron chi connectivity index (χ0n) is 32.0. The van der Waals surface area contributed by atoms with Crippen LogP contribution in [0.25, 0.3) is 11.1 Å². The number of allylic oxidation sites excluding steroid dienone is 2. The molecule has 0 aromatic heterocycles. The number of benzene rings is 5. The first-order chi connectivity index (χ1) is 27.0. The molecular formula is C51H50Br2O2. The lowest BCUT2D eigenvalue weighted by Crippen LogP contribution is -2.43. The van der Waals surface area contributed by atoms with Crippen molar-refractivity contribution in [1.82, 2.24) is 0 Å². The maximum atomic E-state index is 16.7. The Morgan fingerprint density at radius 3 is 1.24 bits per heavy atom. The number of Topliss-reactive ketones (excluding diaryl/α,β-unsaturated/α-hetero) is 1. The molecule has 55 heavy (non-hydrogen) atoms. The van der Waals surface area contributed by atoms with Crippen LogP contribution in [-0.4, -0.2) is 5.78 Å². The summed E-state index contributed by atoms with van der Waals surface area (Å²) < 4.78 is 10.00. The maximum absolute atomic E-state index is 16.7. The predicted molar refractivity (Wildman–Crippen MR) is 232 cm³/mol. The molecule has 6 atom stereocenters. The van der Waals surface area contributed by atoms with E-state index in [0.717, 1.165) is 59.1 Å². The minimum Gasteiger partial charge on any atom is -0.365 e. The van der Waals surface area contributed by atoms with E-state index in [1.54, 1.807) is 0 Å². The fourth-order valence-corrected chi connectivity index (χ4v) is 12.8. The number of hydrogen-bond acceptors (Lipinski definition) is 2.